The largest absolute Gasteiger partial charge is 0.283 e. The number of sulfonamides is 1. The lowest BCUT2D eigenvalue weighted by Crippen LogP contribution is -2.15. The van der Waals surface area contributed by atoms with Gasteiger partial charge in [-0.2, -0.15) is 5.26 Å². The molecule has 108 valence electrons. The van der Waals surface area contributed by atoms with Crippen LogP contribution in [-0.2, 0) is 15.8 Å². The maximum atomic E-state index is 12.2. The van der Waals surface area contributed by atoms with Gasteiger partial charge in [-0.15, -0.1) is 0 Å². The van der Waals surface area contributed by atoms with Crippen molar-refractivity contribution in [2.75, 3.05) is 4.72 Å². The molecule has 0 saturated heterocycles. The molecule has 21 heavy (non-hydrogen) atoms. The SMILES string of the molecule is Cc1ccc(NS(=O)(=O)Cc2ccc(C#N)cc2)c(C)c1. The summed E-state index contributed by atoms with van der Waals surface area (Å²) >= 11 is 0. The maximum Gasteiger partial charge on any atom is 0.236 e. The second-order valence-corrected chi connectivity index (χ2v) is 6.71. The fourth-order valence-corrected chi connectivity index (χ4v) is 3.29. The van der Waals surface area contributed by atoms with E-state index in [1.54, 1.807) is 30.3 Å². The van der Waals surface area contributed by atoms with Crippen LogP contribution in [-0.4, -0.2) is 8.42 Å². The molecule has 0 aliphatic rings. The molecule has 0 fully saturated rings. The fraction of sp³-hybridized carbons (Fsp3) is 0.188. The molecule has 4 nitrogen and oxygen atoms in total. The highest BCUT2D eigenvalue weighted by Crippen LogP contribution is 2.19. The fourth-order valence-electron chi connectivity index (χ4n) is 2.03. The number of nitriles is 1. The molecular weight excluding hydrogens is 284 g/mol. The Morgan fingerprint density at radius 3 is 2.33 bits per heavy atom. The van der Waals surface area contributed by atoms with E-state index in [-0.39, 0.29) is 5.75 Å². The number of aryl methyl sites for hydroxylation is 2. The number of hydrogen-bond acceptors (Lipinski definition) is 3. The number of nitrogens with zero attached hydrogens (tertiary/aromatic N) is 1. The molecule has 0 radical (unpaired) electrons. The van der Waals surface area contributed by atoms with E-state index in [0.717, 1.165) is 11.1 Å². The molecule has 0 bridgehead atoms. The van der Waals surface area contributed by atoms with Crippen molar-refractivity contribution in [3.05, 3.63) is 64.7 Å². The predicted molar refractivity (Wildman–Crippen MR) is 83.3 cm³/mol. The third kappa shape index (κ3) is 4.07. The maximum absolute atomic E-state index is 12.2. The van der Waals surface area contributed by atoms with Gasteiger partial charge in [0.15, 0.2) is 0 Å². The van der Waals surface area contributed by atoms with Crippen LogP contribution in [0.3, 0.4) is 0 Å². The van der Waals surface area contributed by atoms with Gasteiger partial charge in [0.1, 0.15) is 0 Å². The first-order chi connectivity index (χ1) is 9.89. The van der Waals surface area contributed by atoms with Gasteiger partial charge in [-0.1, -0.05) is 29.8 Å². The summed E-state index contributed by atoms with van der Waals surface area (Å²) in [6.07, 6.45) is 0. The van der Waals surface area contributed by atoms with E-state index >= 15 is 0 Å². The van der Waals surface area contributed by atoms with Gasteiger partial charge >= 0.3 is 0 Å². The van der Waals surface area contributed by atoms with Crippen molar-refractivity contribution in [2.24, 2.45) is 0 Å². The summed E-state index contributed by atoms with van der Waals surface area (Å²) < 4.78 is 27.0. The second kappa shape index (κ2) is 5.98. The first kappa shape index (κ1) is 15.1. The van der Waals surface area contributed by atoms with E-state index in [1.165, 1.54) is 0 Å². The predicted octanol–water partition coefficient (Wildman–Crippen LogP) is 3.12. The zero-order valence-electron chi connectivity index (χ0n) is 11.9. The van der Waals surface area contributed by atoms with Gasteiger partial charge < -0.3 is 0 Å². The Labute approximate surface area is 125 Å². The monoisotopic (exact) mass is 300 g/mol. The van der Waals surface area contributed by atoms with E-state index in [4.69, 9.17) is 5.26 Å². The van der Waals surface area contributed by atoms with E-state index in [0.29, 0.717) is 16.8 Å². The van der Waals surface area contributed by atoms with Crippen molar-refractivity contribution < 1.29 is 8.42 Å². The van der Waals surface area contributed by atoms with Crippen LogP contribution in [0.15, 0.2) is 42.5 Å². The Hall–Kier alpha value is -2.32. The summed E-state index contributed by atoms with van der Waals surface area (Å²) in [6.45, 7) is 3.83. The van der Waals surface area contributed by atoms with Crippen LogP contribution < -0.4 is 4.72 Å². The van der Waals surface area contributed by atoms with Gasteiger partial charge in [0, 0.05) is 0 Å². The molecule has 0 aliphatic heterocycles. The molecule has 0 aliphatic carbocycles. The molecule has 0 amide bonds. The Balaban J connectivity index is 2.16. The number of benzene rings is 2. The molecule has 0 saturated carbocycles. The molecule has 0 unspecified atom stereocenters. The highest BCUT2D eigenvalue weighted by Gasteiger charge is 2.13. The third-order valence-electron chi connectivity index (χ3n) is 3.09. The summed E-state index contributed by atoms with van der Waals surface area (Å²) in [5.74, 6) is -0.119. The first-order valence-corrected chi connectivity index (χ1v) is 8.11. The van der Waals surface area contributed by atoms with Crippen LogP contribution in [0.4, 0.5) is 5.69 Å². The third-order valence-corrected chi connectivity index (χ3v) is 4.33. The topological polar surface area (TPSA) is 70.0 Å². The summed E-state index contributed by atoms with van der Waals surface area (Å²) in [4.78, 5) is 0. The number of anilines is 1. The van der Waals surface area contributed by atoms with E-state index < -0.39 is 10.0 Å². The minimum absolute atomic E-state index is 0.119. The molecule has 0 atom stereocenters. The molecule has 1 N–H and O–H groups in total. The van der Waals surface area contributed by atoms with Crippen LogP contribution in [0.5, 0.6) is 0 Å². The Morgan fingerprint density at radius 1 is 1.10 bits per heavy atom. The lowest BCUT2D eigenvalue weighted by atomic mass is 10.1. The molecule has 2 rings (SSSR count). The average Bonchev–Trinajstić information content (AvgIpc) is 2.42. The van der Waals surface area contributed by atoms with Crippen LogP contribution in [0.2, 0.25) is 0 Å². The van der Waals surface area contributed by atoms with Crippen molar-refractivity contribution in [3.8, 4) is 6.07 Å². The molecule has 5 heteroatoms. The zero-order chi connectivity index (χ0) is 15.5. The van der Waals surface area contributed by atoms with Gasteiger partial charge in [-0.25, -0.2) is 8.42 Å². The summed E-state index contributed by atoms with van der Waals surface area (Å²) in [7, 11) is -3.48. The number of nitrogens with one attached hydrogen (secondary N) is 1. The molecule has 2 aromatic rings. The van der Waals surface area contributed by atoms with Gasteiger partial charge in [-0.3, -0.25) is 4.72 Å². The van der Waals surface area contributed by atoms with Gasteiger partial charge in [-0.05, 0) is 43.2 Å². The van der Waals surface area contributed by atoms with Crippen molar-refractivity contribution in [2.45, 2.75) is 19.6 Å². The van der Waals surface area contributed by atoms with E-state index in [2.05, 4.69) is 4.72 Å². The average molecular weight is 300 g/mol. The molecule has 2 aromatic carbocycles. The van der Waals surface area contributed by atoms with Crippen LogP contribution in [0, 0.1) is 25.2 Å². The summed E-state index contributed by atoms with van der Waals surface area (Å²) in [6, 6.07) is 14.1. The van der Waals surface area contributed by atoms with Crippen molar-refractivity contribution in [1.82, 2.24) is 0 Å². The Kier molecular flexibility index (Phi) is 4.29. The lowest BCUT2D eigenvalue weighted by molar-refractivity contribution is 0.600. The minimum Gasteiger partial charge on any atom is -0.283 e. The highest BCUT2D eigenvalue weighted by atomic mass is 32.2. The zero-order valence-corrected chi connectivity index (χ0v) is 12.7. The molecule has 0 spiro atoms. The normalized spacial score (nSPS) is 10.9. The van der Waals surface area contributed by atoms with Gasteiger partial charge in [0.2, 0.25) is 10.0 Å². The molecule has 0 heterocycles. The second-order valence-electron chi connectivity index (χ2n) is 4.99. The first-order valence-electron chi connectivity index (χ1n) is 6.46. The quantitative estimate of drug-likeness (QED) is 0.943. The van der Waals surface area contributed by atoms with Crippen molar-refractivity contribution in [3.63, 3.8) is 0 Å². The Bertz CT molecular complexity index is 788. The van der Waals surface area contributed by atoms with Crippen LogP contribution in [0.25, 0.3) is 0 Å². The van der Waals surface area contributed by atoms with E-state index in [1.807, 2.05) is 32.0 Å². The van der Waals surface area contributed by atoms with Crippen LogP contribution in [0.1, 0.15) is 22.3 Å². The van der Waals surface area contributed by atoms with E-state index in [9.17, 15) is 8.42 Å². The van der Waals surface area contributed by atoms with Crippen molar-refractivity contribution in [1.29, 1.82) is 5.26 Å². The Morgan fingerprint density at radius 2 is 1.76 bits per heavy atom. The number of hydrogen-bond donors (Lipinski definition) is 1. The smallest absolute Gasteiger partial charge is 0.236 e. The highest BCUT2D eigenvalue weighted by molar-refractivity contribution is 7.91. The molecular formula is C16H16N2O2S. The number of rotatable bonds is 4. The van der Waals surface area contributed by atoms with Gasteiger partial charge in [0.05, 0.1) is 23.1 Å². The summed E-state index contributed by atoms with van der Waals surface area (Å²) in [5.41, 5.74) is 3.72. The summed E-state index contributed by atoms with van der Waals surface area (Å²) in [5, 5.41) is 8.73. The van der Waals surface area contributed by atoms with Crippen LogP contribution >= 0.6 is 0 Å². The van der Waals surface area contributed by atoms with Gasteiger partial charge in [0.25, 0.3) is 0 Å². The standard InChI is InChI=1S/C16H16N2O2S/c1-12-3-8-16(13(2)9-12)18-21(19,20)11-15-6-4-14(10-17)5-7-15/h3-9,18H,11H2,1-2H3. The minimum atomic E-state index is -3.48. The molecule has 0 aromatic heterocycles. The lowest BCUT2D eigenvalue weighted by Gasteiger charge is -2.11. The van der Waals surface area contributed by atoms with Crippen molar-refractivity contribution >= 4 is 15.7 Å².